The second-order valence-corrected chi connectivity index (χ2v) is 4.88. The first kappa shape index (κ1) is 15.5. The number of carboxylic acids is 3. The largest absolute Gasteiger partial charge is 0.481 e. The van der Waals surface area contributed by atoms with Gasteiger partial charge < -0.3 is 25.4 Å². The lowest BCUT2D eigenvalue weighted by molar-refractivity contribution is -0.173. The predicted octanol–water partition coefficient (Wildman–Crippen LogP) is 0.627. The number of rotatable bonds is 6. The minimum Gasteiger partial charge on any atom is -0.481 e. The number of fused-ring (bicyclic) bond motifs is 1. The predicted molar refractivity (Wildman–Crippen MR) is 73.5 cm³/mol. The molecule has 0 aliphatic carbocycles. The normalized spacial score (nSPS) is 15.1. The van der Waals surface area contributed by atoms with Crippen LogP contribution in [0.1, 0.15) is 18.0 Å². The molecule has 0 fully saturated rings. The quantitative estimate of drug-likeness (QED) is 0.525. The van der Waals surface area contributed by atoms with E-state index in [0.29, 0.717) is 10.9 Å². The Hall–Kier alpha value is -2.87. The second kappa shape index (κ2) is 5.49. The Labute approximate surface area is 123 Å². The van der Waals surface area contributed by atoms with Gasteiger partial charge in [0.1, 0.15) is 5.92 Å². The molecule has 8 nitrogen and oxygen atoms in total. The molecule has 8 heteroatoms. The second-order valence-electron chi connectivity index (χ2n) is 4.88. The van der Waals surface area contributed by atoms with Crippen molar-refractivity contribution in [1.29, 1.82) is 0 Å². The molecule has 2 aromatic rings. The molecule has 1 heterocycles. The summed E-state index contributed by atoms with van der Waals surface area (Å²) in [7, 11) is 0. The Morgan fingerprint density at radius 1 is 1.14 bits per heavy atom. The maximum Gasteiger partial charge on any atom is 0.337 e. The number of hydrogen-bond donors (Lipinski definition) is 5. The monoisotopic (exact) mass is 307 g/mol. The third kappa shape index (κ3) is 2.63. The summed E-state index contributed by atoms with van der Waals surface area (Å²) < 4.78 is 0. The summed E-state index contributed by atoms with van der Waals surface area (Å²) in [4.78, 5) is 36.3. The van der Waals surface area contributed by atoms with Crippen molar-refractivity contribution in [2.45, 2.75) is 17.9 Å². The molecule has 0 aliphatic rings. The van der Waals surface area contributed by atoms with Crippen molar-refractivity contribution < 1.29 is 34.8 Å². The molecule has 22 heavy (non-hydrogen) atoms. The summed E-state index contributed by atoms with van der Waals surface area (Å²) in [5.41, 5.74) is -2.51. The van der Waals surface area contributed by atoms with Crippen LogP contribution in [0.25, 0.3) is 10.9 Å². The summed E-state index contributed by atoms with van der Waals surface area (Å²) in [5, 5.41) is 38.1. The fraction of sp³-hybridized carbons (Fsp3) is 0.214. The summed E-state index contributed by atoms with van der Waals surface area (Å²) in [6.45, 7) is 0. The van der Waals surface area contributed by atoms with Crippen LogP contribution in [0.3, 0.4) is 0 Å². The average molecular weight is 307 g/mol. The molecule has 0 saturated heterocycles. The third-order valence-electron chi connectivity index (χ3n) is 3.38. The number of H-pyrrole nitrogens is 1. The summed E-state index contributed by atoms with van der Waals surface area (Å²) in [6, 6.07) is 8.10. The molecule has 0 spiro atoms. The van der Waals surface area contributed by atoms with Crippen LogP contribution in [0.5, 0.6) is 0 Å². The SMILES string of the molecule is O=C(O)CC(O)(C(=O)O)C(C(=O)O)c1cc2ccccc2[nH]1. The molecule has 5 N–H and O–H groups in total. The van der Waals surface area contributed by atoms with E-state index in [0.717, 1.165) is 0 Å². The van der Waals surface area contributed by atoms with Crippen molar-refractivity contribution in [3.05, 3.63) is 36.0 Å². The maximum atomic E-state index is 11.5. The van der Waals surface area contributed by atoms with Gasteiger partial charge in [-0.25, -0.2) is 4.79 Å². The molecule has 2 atom stereocenters. The number of carbonyl (C=O) groups is 3. The zero-order chi connectivity index (χ0) is 16.5. The van der Waals surface area contributed by atoms with Crippen molar-refractivity contribution in [1.82, 2.24) is 4.98 Å². The number of hydrogen-bond acceptors (Lipinski definition) is 4. The Kier molecular flexibility index (Phi) is 3.87. The Balaban J connectivity index is 2.59. The smallest absolute Gasteiger partial charge is 0.337 e. The van der Waals surface area contributed by atoms with E-state index in [1.54, 1.807) is 24.3 Å². The molecule has 0 amide bonds. The number of carboxylic acid groups (broad SMARTS) is 3. The Bertz CT molecular complexity index is 717. The van der Waals surface area contributed by atoms with Crippen molar-refractivity contribution in [2.75, 3.05) is 0 Å². The van der Waals surface area contributed by atoms with Crippen LogP contribution in [0.2, 0.25) is 0 Å². The van der Waals surface area contributed by atoms with Gasteiger partial charge in [0.25, 0.3) is 0 Å². The van der Waals surface area contributed by atoms with Crippen LogP contribution in [-0.4, -0.2) is 48.9 Å². The van der Waals surface area contributed by atoms with Crippen LogP contribution < -0.4 is 0 Å². The van der Waals surface area contributed by atoms with E-state index in [1.807, 2.05) is 0 Å². The van der Waals surface area contributed by atoms with Gasteiger partial charge in [-0.05, 0) is 17.5 Å². The van der Waals surface area contributed by atoms with Crippen molar-refractivity contribution in [3.63, 3.8) is 0 Å². The first-order valence-corrected chi connectivity index (χ1v) is 6.23. The molecular formula is C14H13NO7. The highest BCUT2D eigenvalue weighted by Crippen LogP contribution is 2.33. The van der Waals surface area contributed by atoms with Gasteiger partial charge in [-0.1, -0.05) is 18.2 Å². The van der Waals surface area contributed by atoms with Crippen molar-refractivity contribution in [3.8, 4) is 0 Å². The molecule has 1 aromatic carbocycles. The minimum atomic E-state index is -2.97. The Morgan fingerprint density at radius 2 is 1.77 bits per heavy atom. The number of aromatic nitrogens is 1. The number of aromatic amines is 1. The zero-order valence-electron chi connectivity index (χ0n) is 11.2. The van der Waals surface area contributed by atoms with E-state index in [9.17, 15) is 24.6 Å². The number of benzene rings is 1. The van der Waals surface area contributed by atoms with Gasteiger partial charge in [0.2, 0.25) is 0 Å². The van der Waals surface area contributed by atoms with E-state index < -0.39 is 35.8 Å². The average Bonchev–Trinajstić information content (AvgIpc) is 2.79. The highest BCUT2D eigenvalue weighted by atomic mass is 16.4. The van der Waals surface area contributed by atoms with Crippen LogP contribution in [0.15, 0.2) is 30.3 Å². The first-order chi connectivity index (χ1) is 10.3. The molecule has 0 saturated carbocycles. The summed E-state index contributed by atoms with van der Waals surface area (Å²) in [5.74, 6) is -7.13. The lowest BCUT2D eigenvalue weighted by atomic mass is 9.82. The molecule has 116 valence electrons. The van der Waals surface area contributed by atoms with E-state index in [4.69, 9.17) is 10.2 Å². The van der Waals surface area contributed by atoms with E-state index in [-0.39, 0.29) is 5.69 Å². The number of aliphatic carboxylic acids is 3. The fourth-order valence-electron chi connectivity index (χ4n) is 2.38. The van der Waals surface area contributed by atoms with E-state index in [2.05, 4.69) is 4.98 Å². The van der Waals surface area contributed by atoms with E-state index >= 15 is 0 Å². The van der Waals surface area contributed by atoms with Gasteiger partial charge >= 0.3 is 17.9 Å². The third-order valence-corrected chi connectivity index (χ3v) is 3.38. The standard InChI is InChI=1S/C14H13NO7/c16-10(17)6-14(22,13(20)21)11(12(18)19)9-5-7-3-1-2-4-8(7)15-9/h1-5,11,15,22H,6H2,(H,16,17)(H,18,19)(H,20,21). The number of nitrogens with one attached hydrogen (secondary N) is 1. The van der Waals surface area contributed by atoms with Crippen molar-refractivity contribution >= 4 is 28.8 Å². The molecule has 0 aliphatic heterocycles. The first-order valence-electron chi connectivity index (χ1n) is 6.23. The number of aliphatic hydroxyl groups is 1. The topological polar surface area (TPSA) is 148 Å². The van der Waals surface area contributed by atoms with Crippen molar-refractivity contribution in [2.24, 2.45) is 0 Å². The van der Waals surface area contributed by atoms with Crippen LogP contribution in [-0.2, 0) is 14.4 Å². The fourth-order valence-corrected chi connectivity index (χ4v) is 2.38. The van der Waals surface area contributed by atoms with Gasteiger partial charge in [-0.15, -0.1) is 0 Å². The lowest BCUT2D eigenvalue weighted by Crippen LogP contribution is -2.49. The van der Waals surface area contributed by atoms with Crippen LogP contribution in [0.4, 0.5) is 0 Å². The number of para-hydroxylation sites is 1. The maximum absolute atomic E-state index is 11.5. The van der Waals surface area contributed by atoms with E-state index in [1.165, 1.54) is 6.07 Å². The van der Waals surface area contributed by atoms with Gasteiger partial charge in [-0.3, -0.25) is 9.59 Å². The van der Waals surface area contributed by atoms with Gasteiger partial charge in [0, 0.05) is 11.2 Å². The minimum absolute atomic E-state index is 0.0835. The molecular weight excluding hydrogens is 294 g/mol. The molecule has 1 aromatic heterocycles. The van der Waals surface area contributed by atoms with Crippen LogP contribution in [0, 0.1) is 0 Å². The lowest BCUT2D eigenvalue weighted by Gasteiger charge is -2.27. The molecule has 0 radical (unpaired) electrons. The summed E-state index contributed by atoms with van der Waals surface area (Å²) in [6.07, 6.45) is -1.24. The van der Waals surface area contributed by atoms with Gasteiger partial charge in [0.15, 0.2) is 5.60 Å². The highest BCUT2D eigenvalue weighted by Gasteiger charge is 2.51. The van der Waals surface area contributed by atoms with Gasteiger partial charge in [0.05, 0.1) is 6.42 Å². The molecule has 2 rings (SSSR count). The summed E-state index contributed by atoms with van der Waals surface area (Å²) >= 11 is 0. The molecule has 0 bridgehead atoms. The zero-order valence-corrected chi connectivity index (χ0v) is 11.2. The molecule has 2 unspecified atom stereocenters. The highest BCUT2D eigenvalue weighted by molar-refractivity contribution is 5.93. The van der Waals surface area contributed by atoms with Crippen LogP contribution >= 0.6 is 0 Å². The Morgan fingerprint density at radius 3 is 2.27 bits per heavy atom. The van der Waals surface area contributed by atoms with Gasteiger partial charge in [-0.2, -0.15) is 0 Å².